The SMILES string of the molecule is CC(C)=CCOc1ccc(C(=O)ON2C(=O)CCC2=O)cc1C=O. The van der Waals surface area contributed by atoms with Crippen LogP contribution in [0.4, 0.5) is 0 Å². The zero-order chi connectivity index (χ0) is 17.7. The Bertz CT molecular complexity index is 702. The van der Waals surface area contributed by atoms with Gasteiger partial charge in [0.25, 0.3) is 11.8 Å². The molecule has 0 radical (unpaired) electrons. The van der Waals surface area contributed by atoms with Gasteiger partial charge in [-0.05, 0) is 38.1 Å². The van der Waals surface area contributed by atoms with Gasteiger partial charge in [0, 0.05) is 12.8 Å². The highest BCUT2D eigenvalue weighted by molar-refractivity contribution is 6.03. The predicted molar refractivity (Wildman–Crippen MR) is 83.3 cm³/mol. The summed E-state index contributed by atoms with van der Waals surface area (Å²) in [5.74, 6) is -1.69. The van der Waals surface area contributed by atoms with Gasteiger partial charge in [-0.2, -0.15) is 0 Å². The van der Waals surface area contributed by atoms with Crippen LogP contribution in [0.15, 0.2) is 29.8 Å². The number of hydroxylamine groups is 2. The van der Waals surface area contributed by atoms with Gasteiger partial charge in [0.1, 0.15) is 12.4 Å². The number of benzene rings is 1. The maximum Gasteiger partial charge on any atom is 0.363 e. The number of allylic oxidation sites excluding steroid dienone is 1. The molecule has 0 spiro atoms. The molecule has 7 heteroatoms. The van der Waals surface area contributed by atoms with E-state index in [1.807, 2.05) is 19.9 Å². The lowest BCUT2D eigenvalue weighted by atomic mass is 10.1. The quantitative estimate of drug-likeness (QED) is 0.450. The van der Waals surface area contributed by atoms with Crippen LogP contribution in [0.5, 0.6) is 5.75 Å². The number of carbonyl (C=O) groups excluding carboxylic acids is 4. The second-order valence-corrected chi connectivity index (χ2v) is 5.42. The summed E-state index contributed by atoms with van der Waals surface area (Å²) < 4.78 is 5.46. The Balaban J connectivity index is 2.12. The largest absolute Gasteiger partial charge is 0.489 e. The fourth-order valence-electron chi connectivity index (χ4n) is 1.99. The van der Waals surface area contributed by atoms with E-state index >= 15 is 0 Å². The van der Waals surface area contributed by atoms with Crippen molar-refractivity contribution >= 4 is 24.1 Å². The van der Waals surface area contributed by atoms with Crippen LogP contribution in [-0.2, 0) is 14.4 Å². The Labute approximate surface area is 138 Å². The van der Waals surface area contributed by atoms with Crippen LogP contribution >= 0.6 is 0 Å². The van der Waals surface area contributed by atoms with Crippen LogP contribution in [0.3, 0.4) is 0 Å². The zero-order valence-corrected chi connectivity index (χ0v) is 13.4. The van der Waals surface area contributed by atoms with Crippen molar-refractivity contribution in [3.63, 3.8) is 0 Å². The number of hydrogen-bond acceptors (Lipinski definition) is 6. The minimum absolute atomic E-state index is 0.0167. The molecule has 0 unspecified atom stereocenters. The second kappa shape index (κ2) is 7.54. The summed E-state index contributed by atoms with van der Waals surface area (Å²) in [6, 6.07) is 4.16. The van der Waals surface area contributed by atoms with Crippen LogP contribution in [0.2, 0.25) is 0 Å². The summed E-state index contributed by atoms with van der Waals surface area (Å²) in [4.78, 5) is 50.9. The molecule has 24 heavy (non-hydrogen) atoms. The molecule has 1 saturated heterocycles. The average molecular weight is 331 g/mol. The Morgan fingerprint density at radius 3 is 2.46 bits per heavy atom. The van der Waals surface area contributed by atoms with Crippen molar-refractivity contribution in [1.29, 1.82) is 0 Å². The van der Waals surface area contributed by atoms with Gasteiger partial charge in [-0.25, -0.2) is 4.79 Å². The molecule has 2 amide bonds. The normalized spacial score (nSPS) is 13.7. The lowest BCUT2D eigenvalue weighted by Crippen LogP contribution is -2.32. The van der Waals surface area contributed by atoms with Gasteiger partial charge in [-0.1, -0.05) is 5.57 Å². The standard InChI is InChI=1S/C17H17NO6/c1-11(2)7-8-23-14-4-3-12(9-13(14)10-19)17(22)24-18-15(20)5-6-16(18)21/h3-4,7,9-10H,5-6,8H2,1-2H3. The molecule has 1 aromatic rings. The first-order chi connectivity index (χ1) is 11.4. The Morgan fingerprint density at radius 1 is 1.21 bits per heavy atom. The molecule has 0 aliphatic carbocycles. The van der Waals surface area contributed by atoms with E-state index in [4.69, 9.17) is 9.57 Å². The van der Waals surface area contributed by atoms with Gasteiger partial charge < -0.3 is 9.57 Å². The number of carbonyl (C=O) groups is 4. The highest BCUT2D eigenvalue weighted by Crippen LogP contribution is 2.20. The third-order valence-corrected chi connectivity index (χ3v) is 3.28. The topological polar surface area (TPSA) is 90.0 Å². The third kappa shape index (κ3) is 4.07. The average Bonchev–Trinajstić information content (AvgIpc) is 2.86. The van der Waals surface area contributed by atoms with Crippen LogP contribution < -0.4 is 4.74 Å². The van der Waals surface area contributed by atoms with Crippen molar-refractivity contribution < 1.29 is 28.8 Å². The first kappa shape index (κ1) is 17.4. The van der Waals surface area contributed by atoms with Crippen molar-refractivity contribution in [1.82, 2.24) is 5.06 Å². The van der Waals surface area contributed by atoms with Crippen molar-refractivity contribution in [2.45, 2.75) is 26.7 Å². The molecule has 7 nitrogen and oxygen atoms in total. The van der Waals surface area contributed by atoms with Gasteiger partial charge >= 0.3 is 5.97 Å². The third-order valence-electron chi connectivity index (χ3n) is 3.28. The smallest absolute Gasteiger partial charge is 0.363 e. The number of nitrogens with zero attached hydrogens (tertiary/aromatic N) is 1. The van der Waals surface area contributed by atoms with E-state index in [0.717, 1.165) is 5.57 Å². The number of rotatable bonds is 6. The molecule has 126 valence electrons. The van der Waals surface area contributed by atoms with Crippen LogP contribution in [0, 0.1) is 0 Å². The predicted octanol–water partition coefficient (Wildman–Crippen LogP) is 2.06. The number of ether oxygens (including phenoxy) is 1. The van der Waals surface area contributed by atoms with Gasteiger partial charge in [0.05, 0.1) is 11.1 Å². The van der Waals surface area contributed by atoms with Gasteiger partial charge in [-0.15, -0.1) is 5.06 Å². The molecule has 0 N–H and O–H groups in total. The molecule has 1 heterocycles. The van der Waals surface area contributed by atoms with E-state index in [1.54, 1.807) is 0 Å². The lowest BCUT2D eigenvalue weighted by molar-refractivity contribution is -0.172. The molecular weight excluding hydrogens is 314 g/mol. The fraction of sp³-hybridized carbons (Fsp3) is 0.294. The molecule has 2 rings (SSSR count). The van der Waals surface area contributed by atoms with E-state index in [-0.39, 0.29) is 24.0 Å². The van der Waals surface area contributed by atoms with Crippen molar-refractivity contribution in [3.05, 3.63) is 41.0 Å². The number of hydrogen-bond donors (Lipinski definition) is 0. The second-order valence-electron chi connectivity index (χ2n) is 5.42. The fourth-order valence-corrected chi connectivity index (χ4v) is 1.99. The van der Waals surface area contributed by atoms with Gasteiger partial charge in [0.15, 0.2) is 6.29 Å². The van der Waals surface area contributed by atoms with Crippen LogP contribution in [0.25, 0.3) is 0 Å². The monoisotopic (exact) mass is 331 g/mol. The van der Waals surface area contributed by atoms with Gasteiger partial charge in [-0.3, -0.25) is 14.4 Å². The lowest BCUT2D eigenvalue weighted by Gasteiger charge is -2.13. The minimum Gasteiger partial charge on any atom is -0.489 e. The molecule has 1 aromatic carbocycles. The zero-order valence-electron chi connectivity index (χ0n) is 13.4. The first-order valence-corrected chi connectivity index (χ1v) is 7.36. The number of amides is 2. The highest BCUT2D eigenvalue weighted by atomic mass is 16.7. The number of imide groups is 1. The molecule has 1 aliphatic heterocycles. The summed E-state index contributed by atoms with van der Waals surface area (Å²) in [6.45, 7) is 4.14. The molecule has 0 bridgehead atoms. The van der Waals surface area contributed by atoms with E-state index in [9.17, 15) is 19.2 Å². The molecule has 0 saturated carbocycles. The summed E-state index contributed by atoms with van der Waals surface area (Å²) >= 11 is 0. The van der Waals surface area contributed by atoms with Crippen molar-refractivity contribution in [3.8, 4) is 5.75 Å². The first-order valence-electron chi connectivity index (χ1n) is 7.36. The number of aldehydes is 1. The van der Waals surface area contributed by atoms with Crippen LogP contribution in [0.1, 0.15) is 47.4 Å². The van der Waals surface area contributed by atoms with E-state index in [2.05, 4.69) is 0 Å². The van der Waals surface area contributed by atoms with Crippen molar-refractivity contribution in [2.24, 2.45) is 0 Å². The summed E-state index contributed by atoms with van der Waals surface area (Å²) in [5.41, 5.74) is 1.28. The molecule has 1 aliphatic rings. The van der Waals surface area contributed by atoms with Crippen molar-refractivity contribution in [2.75, 3.05) is 6.61 Å². The maximum atomic E-state index is 12.0. The Morgan fingerprint density at radius 2 is 1.88 bits per heavy atom. The molecule has 0 aromatic heterocycles. The minimum atomic E-state index is -0.891. The highest BCUT2D eigenvalue weighted by Gasteiger charge is 2.33. The molecule has 1 fully saturated rings. The molecule has 0 atom stereocenters. The Hall–Kier alpha value is -2.96. The van der Waals surface area contributed by atoms with E-state index in [1.165, 1.54) is 18.2 Å². The summed E-state index contributed by atoms with van der Waals surface area (Å²) in [5, 5.41) is 0.460. The maximum absolute atomic E-state index is 12.0. The summed E-state index contributed by atoms with van der Waals surface area (Å²) in [6.07, 6.45) is 2.44. The van der Waals surface area contributed by atoms with E-state index < -0.39 is 17.8 Å². The Kier molecular flexibility index (Phi) is 5.47. The van der Waals surface area contributed by atoms with Crippen LogP contribution in [-0.4, -0.2) is 35.7 Å². The van der Waals surface area contributed by atoms with E-state index in [0.29, 0.717) is 23.7 Å². The molecular formula is C17H17NO6. The summed E-state index contributed by atoms with van der Waals surface area (Å²) in [7, 11) is 0. The van der Waals surface area contributed by atoms with Gasteiger partial charge in [0.2, 0.25) is 0 Å².